The summed E-state index contributed by atoms with van der Waals surface area (Å²) in [6.45, 7) is 4.04. The lowest BCUT2D eigenvalue weighted by atomic mass is 9.98. The van der Waals surface area contributed by atoms with Crippen LogP contribution in [0.15, 0.2) is 30.3 Å². The Bertz CT molecular complexity index is 869. The van der Waals surface area contributed by atoms with E-state index in [-0.39, 0.29) is 11.8 Å². The molecule has 1 fully saturated rings. The lowest BCUT2D eigenvalue weighted by Gasteiger charge is -2.29. The molecule has 35 heavy (non-hydrogen) atoms. The van der Waals surface area contributed by atoms with Gasteiger partial charge in [-0.3, -0.25) is 14.4 Å². The molecule has 0 aliphatic carbocycles. The van der Waals surface area contributed by atoms with Gasteiger partial charge < -0.3 is 26.4 Å². The van der Waals surface area contributed by atoms with Gasteiger partial charge in [-0.15, -0.1) is 0 Å². The van der Waals surface area contributed by atoms with E-state index in [0.29, 0.717) is 44.4 Å². The number of nitrogens with two attached hydrogens (primary N) is 1. The predicted octanol–water partition coefficient (Wildman–Crippen LogP) is 1.40. The van der Waals surface area contributed by atoms with Crippen LogP contribution in [0.5, 0.6) is 0 Å². The lowest BCUT2D eigenvalue weighted by molar-refractivity contribution is -0.144. The number of rotatable bonds is 13. The lowest BCUT2D eigenvalue weighted by Crippen LogP contribution is -2.57. The van der Waals surface area contributed by atoms with Crippen molar-refractivity contribution in [2.75, 3.05) is 18.6 Å². The number of aliphatic carboxylic acids is 1. The standard InChI is InChI=1S/C25H38N4O5S/c1-4-16(2)21(25(33)34)28-22(30)19(12-14-35-3)27-23(31)20-11-8-13-29(20)24(32)18(26)15-17-9-6-5-7-10-17/h5-7,9-10,16,18-21H,4,8,11-15,26H2,1-3H3,(H,27,31)(H,28,30)(H,33,34). The maximum Gasteiger partial charge on any atom is 0.326 e. The van der Waals surface area contributed by atoms with E-state index in [1.807, 2.05) is 43.5 Å². The molecule has 0 spiro atoms. The first-order valence-electron chi connectivity index (χ1n) is 12.1. The van der Waals surface area contributed by atoms with E-state index >= 15 is 0 Å². The van der Waals surface area contributed by atoms with Gasteiger partial charge in [0.1, 0.15) is 18.1 Å². The number of carbonyl (C=O) groups is 4. The largest absolute Gasteiger partial charge is 0.480 e. The van der Waals surface area contributed by atoms with Crippen molar-refractivity contribution >= 4 is 35.5 Å². The predicted molar refractivity (Wildman–Crippen MR) is 137 cm³/mol. The Morgan fingerprint density at radius 2 is 1.89 bits per heavy atom. The monoisotopic (exact) mass is 506 g/mol. The molecule has 5 unspecified atom stereocenters. The molecule has 1 saturated heterocycles. The van der Waals surface area contributed by atoms with Crippen molar-refractivity contribution in [2.24, 2.45) is 11.7 Å². The summed E-state index contributed by atoms with van der Waals surface area (Å²) in [7, 11) is 0. The van der Waals surface area contributed by atoms with Crippen LogP contribution < -0.4 is 16.4 Å². The Morgan fingerprint density at radius 3 is 2.49 bits per heavy atom. The topological polar surface area (TPSA) is 142 Å². The molecule has 2 rings (SSSR count). The highest BCUT2D eigenvalue weighted by molar-refractivity contribution is 7.98. The van der Waals surface area contributed by atoms with Crippen molar-refractivity contribution in [1.82, 2.24) is 15.5 Å². The molecule has 0 saturated carbocycles. The van der Waals surface area contributed by atoms with Gasteiger partial charge in [-0.05, 0) is 49.2 Å². The molecule has 1 aromatic rings. The zero-order valence-electron chi connectivity index (χ0n) is 20.7. The Kier molecular flexibility index (Phi) is 11.5. The van der Waals surface area contributed by atoms with Crippen molar-refractivity contribution in [3.05, 3.63) is 35.9 Å². The van der Waals surface area contributed by atoms with E-state index in [1.165, 1.54) is 16.7 Å². The summed E-state index contributed by atoms with van der Waals surface area (Å²) in [5.41, 5.74) is 7.13. The van der Waals surface area contributed by atoms with Crippen LogP contribution in [0, 0.1) is 5.92 Å². The zero-order chi connectivity index (χ0) is 26.0. The molecule has 10 heteroatoms. The SMILES string of the molecule is CCC(C)C(NC(=O)C(CCSC)NC(=O)C1CCCN1C(=O)C(N)Cc1ccccc1)C(=O)O. The minimum atomic E-state index is -1.11. The molecule has 5 atom stereocenters. The summed E-state index contributed by atoms with van der Waals surface area (Å²) in [6, 6.07) is 6.05. The normalized spacial score (nSPS) is 18.9. The number of likely N-dealkylation sites (tertiary alicyclic amines) is 1. The highest BCUT2D eigenvalue weighted by atomic mass is 32.2. The van der Waals surface area contributed by atoms with Gasteiger partial charge in [0.15, 0.2) is 0 Å². The molecule has 1 aromatic carbocycles. The van der Waals surface area contributed by atoms with Crippen LogP contribution in [-0.4, -0.2) is 76.4 Å². The van der Waals surface area contributed by atoms with Crippen molar-refractivity contribution in [3.63, 3.8) is 0 Å². The molecule has 0 radical (unpaired) electrons. The van der Waals surface area contributed by atoms with Gasteiger partial charge in [0.05, 0.1) is 6.04 Å². The second kappa shape index (κ2) is 14.1. The van der Waals surface area contributed by atoms with Gasteiger partial charge in [-0.1, -0.05) is 50.6 Å². The van der Waals surface area contributed by atoms with Gasteiger partial charge in [0.25, 0.3) is 0 Å². The minimum absolute atomic E-state index is 0.262. The molecule has 1 aliphatic heterocycles. The molecule has 3 amide bonds. The minimum Gasteiger partial charge on any atom is -0.480 e. The number of hydrogen-bond acceptors (Lipinski definition) is 6. The number of carboxylic acid groups (broad SMARTS) is 1. The third-order valence-corrected chi connectivity index (χ3v) is 7.12. The summed E-state index contributed by atoms with van der Waals surface area (Å²) >= 11 is 1.52. The Labute approximate surface area is 211 Å². The van der Waals surface area contributed by atoms with Gasteiger partial charge in [0, 0.05) is 6.54 Å². The highest BCUT2D eigenvalue weighted by Gasteiger charge is 2.38. The highest BCUT2D eigenvalue weighted by Crippen LogP contribution is 2.20. The van der Waals surface area contributed by atoms with Crippen molar-refractivity contribution < 1.29 is 24.3 Å². The number of benzene rings is 1. The van der Waals surface area contributed by atoms with Crippen LogP contribution in [0.4, 0.5) is 0 Å². The first-order chi connectivity index (χ1) is 16.7. The van der Waals surface area contributed by atoms with Gasteiger partial charge >= 0.3 is 5.97 Å². The molecule has 5 N–H and O–H groups in total. The van der Waals surface area contributed by atoms with Gasteiger partial charge in [-0.25, -0.2) is 4.79 Å². The van der Waals surface area contributed by atoms with E-state index in [2.05, 4.69) is 10.6 Å². The Morgan fingerprint density at radius 1 is 1.20 bits per heavy atom. The second-order valence-electron chi connectivity index (χ2n) is 9.04. The van der Waals surface area contributed by atoms with Crippen LogP contribution >= 0.6 is 11.8 Å². The van der Waals surface area contributed by atoms with E-state index in [1.54, 1.807) is 6.92 Å². The van der Waals surface area contributed by atoms with Crippen LogP contribution in [-0.2, 0) is 25.6 Å². The molecule has 0 bridgehead atoms. The van der Waals surface area contributed by atoms with E-state index in [0.717, 1.165) is 5.56 Å². The molecule has 1 aliphatic rings. The third-order valence-electron chi connectivity index (χ3n) is 6.47. The van der Waals surface area contributed by atoms with E-state index in [9.17, 15) is 24.3 Å². The average Bonchev–Trinajstić information content (AvgIpc) is 3.34. The van der Waals surface area contributed by atoms with Crippen LogP contribution in [0.1, 0.15) is 45.1 Å². The van der Waals surface area contributed by atoms with Crippen LogP contribution in [0.25, 0.3) is 0 Å². The van der Waals surface area contributed by atoms with Crippen molar-refractivity contribution in [2.45, 2.75) is 70.1 Å². The Balaban J connectivity index is 2.07. The number of carboxylic acids is 1. The molecular formula is C25H38N4O5S. The molecule has 0 aromatic heterocycles. The first-order valence-corrected chi connectivity index (χ1v) is 13.5. The first kappa shape index (κ1) is 28.6. The summed E-state index contributed by atoms with van der Waals surface area (Å²) in [6.07, 6.45) is 4.34. The maximum absolute atomic E-state index is 13.2. The molecular weight excluding hydrogens is 468 g/mol. The van der Waals surface area contributed by atoms with Crippen LogP contribution in [0.3, 0.4) is 0 Å². The van der Waals surface area contributed by atoms with Gasteiger partial charge in [0.2, 0.25) is 17.7 Å². The zero-order valence-corrected chi connectivity index (χ0v) is 21.6. The van der Waals surface area contributed by atoms with Crippen LogP contribution in [0.2, 0.25) is 0 Å². The number of nitrogens with zero attached hydrogens (tertiary/aromatic N) is 1. The average molecular weight is 507 g/mol. The number of carbonyl (C=O) groups excluding carboxylic acids is 3. The molecule has 9 nitrogen and oxygen atoms in total. The van der Waals surface area contributed by atoms with Gasteiger partial charge in [-0.2, -0.15) is 11.8 Å². The number of hydrogen-bond donors (Lipinski definition) is 4. The third kappa shape index (κ3) is 8.24. The number of thioether (sulfide) groups is 1. The quantitative estimate of drug-likeness (QED) is 0.317. The summed E-state index contributed by atoms with van der Waals surface area (Å²) in [5, 5.41) is 14.9. The summed E-state index contributed by atoms with van der Waals surface area (Å²) in [4.78, 5) is 52.4. The molecule has 1 heterocycles. The fourth-order valence-electron chi connectivity index (χ4n) is 4.18. The maximum atomic E-state index is 13.2. The Hall–Kier alpha value is -2.59. The fraction of sp³-hybridized carbons (Fsp3) is 0.600. The van der Waals surface area contributed by atoms with E-state index in [4.69, 9.17) is 5.73 Å². The molecule has 194 valence electrons. The fourth-order valence-corrected chi connectivity index (χ4v) is 4.65. The summed E-state index contributed by atoms with van der Waals surface area (Å²) < 4.78 is 0. The number of amides is 3. The number of nitrogens with one attached hydrogen (secondary N) is 2. The van der Waals surface area contributed by atoms with E-state index < -0.39 is 42.0 Å². The van der Waals surface area contributed by atoms with Crippen molar-refractivity contribution in [1.29, 1.82) is 0 Å². The smallest absolute Gasteiger partial charge is 0.326 e. The second-order valence-corrected chi connectivity index (χ2v) is 10.0. The van der Waals surface area contributed by atoms with Crippen molar-refractivity contribution in [3.8, 4) is 0 Å². The summed E-state index contributed by atoms with van der Waals surface area (Å²) in [5.74, 6) is -2.00.